The molecule has 0 aliphatic rings. The molecule has 0 unspecified atom stereocenters. The van der Waals surface area contributed by atoms with E-state index in [9.17, 15) is 20.2 Å². The maximum Gasteiger partial charge on any atom is 0.434 e. The van der Waals surface area contributed by atoms with E-state index in [0.29, 0.717) is 31.1 Å². The first-order chi connectivity index (χ1) is 23.2. The van der Waals surface area contributed by atoms with Gasteiger partial charge in [0.1, 0.15) is 42.8 Å². The lowest BCUT2D eigenvalue weighted by molar-refractivity contribution is -0.396. The van der Waals surface area contributed by atoms with Crippen molar-refractivity contribution in [2.45, 2.75) is 26.5 Å². The fourth-order valence-electron chi connectivity index (χ4n) is 5.44. The first kappa shape index (κ1) is 33.5. The zero-order valence-corrected chi connectivity index (χ0v) is 27.3. The van der Waals surface area contributed by atoms with Crippen molar-refractivity contribution in [1.29, 1.82) is 0 Å². The Morgan fingerprint density at radius 2 is 1.27 bits per heavy atom. The van der Waals surface area contributed by atoms with Crippen LogP contribution in [-0.2, 0) is 27.2 Å². The zero-order valence-electron chi connectivity index (χ0n) is 27.3. The van der Waals surface area contributed by atoms with Crippen LogP contribution in [0.1, 0.15) is 41.4 Å². The summed E-state index contributed by atoms with van der Waals surface area (Å²) in [6, 6.07) is 26.2. The third-order valence-corrected chi connectivity index (χ3v) is 8.07. The number of hydrogen-bond donors (Lipinski definition) is 0. The van der Waals surface area contributed by atoms with Crippen LogP contribution in [0.5, 0.6) is 11.5 Å². The number of benzene rings is 3. The molecule has 3 aromatic carbocycles. The maximum absolute atomic E-state index is 11.1. The van der Waals surface area contributed by atoms with Crippen LogP contribution in [-0.4, -0.2) is 54.0 Å². The Morgan fingerprint density at radius 1 is 0.750 bits per heavy atom. The van der Waals surface area contributed by atoms with Crippen molar-refractivity contribution < 1.29 is 19.3 Å². The first-order valence-electron chi connectivity index (χ1n) is 15.4. The van der Waals surface area contributed by atoms with Gasteiger partial charge in [0.25, 0.3) is 0 Å². The van der Waals surface area contributed by atoms with E-state index in [1.807, 2.05) is 66.5 Å². The van der Waals surface area contributed by atoms with Gasteiger partial charge in [0.15, 0.2) is 5.69 Å². The molecule has 0 bridgehead atoms. The number of rotatable bonds is 15. The highest BCUT2D eigenvalue weighted by Crippen LogP contribution is 2.36. The number of nitrogens with zero attached hydrogens (tertiary/aromatic N) is 7. The maximum atomic E-state index is 11.1. The summed E-state index contributed by atoms with van der Waals surface area (Å²) in [5.74, 6) is 0.961. The Labute approximate surface area is 278 Å². The van der Waals surface area contributed by atoms with Crippen LogP contribution in [0.15, 0.2) is 91.3 Å². The monoisotopic (exact) mass is 651 g/mol. The lowest BCUT2D eigenvalue weighted by Crippen LogP contribution is -2.25. The van der Waals surface area contributed by atoms with E-state index in [1.54, 1.807) is 14.1 Å². The van der Waals surface area contributed by atoms with Crippen LogP contribution in [0.2, 0.25) is 0 Å². The molecule has 0 saturated heterocycles. The normalized spacial score (nSPS) is 11.8. The van der Waals surface area contributed by atoms with Crippen LogP contribution < -0.4 is 9.47 Å². The topological polar surface area (TPSA) is 144 Å². The van der Waals surface area contributed by atoms with Gasteiger partial charge in [0.05, 0.1) is 20.6 Å². The van der Waals surface area contributed by atoms with Crippen molar-refractivity contribution in [3.05, 3.63) is 140 Å². The van der Waals surface area contributed by atoms with Gasteiger partial charge in [-0.25, -0.2) is 9.13 Å². The summed E-state index contributed by atoms with van der Waals surface area (Å²) in [4.78, 5) is 31.0. The largest absolute Gasteiger partial charge is 0.492 e. The average molecular weight is 652 g/mol. The van der Waals surface area contributed by atoms with E-state index < -0.39 is 9.85 Å². The van der Waals surface area contributed by atoms with Crippen molar-refractivity contribution in [2.75, 3.05) is 20.2 Å². The summed E-state index contributed by atoms with van der Waals surface area (Å²) >= 11 is 0. The molecule has 0 saturated carbocycles. The van der Waals surface area contributed by atoms with Gasteiger partial charge >= 0.3 is 11.9 Å². The first-order valence-corrected chi connectivity index (χ1v) is 15.4. The minimum Gasteiger partial charge on any atom is -0.492 e. The molecule has 0 aliphatic carbocycles. The highest BCUT2D eigenvalue weighted by atomic mass is 16.6. The van der Waals surface area contributed by atoms with E-state index in [1.165, 1.54) is 27.1 Å². The Kier molecular flexibility index (Phi) is 10.6. The van der Waals surface area contributed by atoms with E-state index >= 15 is 0 Å². The fraction of sp³-hybridized carbons (Fsp3) is 0.257. The fourth-order valence-corrected chi connectivity index (χ4v) is 5.44. The Morgan fingerprint density at radius 3 is 1.79 bits per heavy atom. The smallest absolute Gasteiger partial charge is 0.434 e. The molecule has 248 valence electrons. The Hall–Kier alpha value is -5.82. The minimum absolute atomic E-state index is 0.146. The molecule has 2 heterocycles. The summed E-state index contributed by atoms with van der Waals surface area (Å²) in [6.45, 7) is 3.85. The molecular formula is C35H37N7O6. The van der Waals surface area contributed by atoms with Gasteiger partial charge in [-0.15, -0.1) is 0 Å². The highest BCUT2D eigenvalue weighted by Gasteiger charge is 2.19. The number of hydrogen-bond acceptors (Lipinski definition) is 9. The third-order valence-electron chi connectivity index (χ3n) is 8.07. The molecule has 2 aromatic heterocycles. The number of likely N-dealkylation sites (N-methyl/N-ethyl adjacent to an activating group) is 1. The molecule has 13 heteroatoms. The lowest BCUT2D eigenvalue weighted by Gasteiger charge is -2.18. The molecule has 5 aromatic rings. The molecule has 48 heavy (non-hydrogen) atoms. The Balaban J connectivity index is 1.30. The van der Waals surface area contributed by atoms with Crippen molar-refractivity contribution in [3.8, 4) is 11.5 Å². The third kappa shape index (κ3) is 7.76. The van der Waals surface area contributed by atoms with Crippen LogP contribution in [0.4, 0.5) is 11.9 Å². The quantitative estimate of drug-likeness (QED) is 0.0711. The molecule has 0 spiro atoms. The van der Waals surface area contributed by atoms with E-state index in [2.05, 4.69) is 41.2 Å². The van der Waals surface area contributed by atoms with Gasteiger partial charge in [0.2, 0.25) is 0 Å². The van der Waals surface area contributed by atoms with E-state index in [-0.39, 0.29) is 18.5 Å². The second-order valence-corrected chi connectivity index (χ2v) is 11.2. The van der Waals surface area contributed by atoms with Crippen LogP contribution in [0.3, 0.4) is 0 Å². The summed E-state index contributed by atoms with van der Waals surface area (Å²) in [5, 5.41) is 22.2. The summed E-state index contributed by atoms with van der Waals surface area (Å²) in [6.07, 6.45) is 3.78. The predicted molar refractivity (Wildman–Crippen MR) is 181 cm³/mol. The number of allylic oxidation sites excluding steroid dienone is 1. The van der Waals surface area contributed by atoms with Crippen molar-refractivity contribution in [2.24, 2.45) is 14.1 Å². The molecule has 0 aliphatic heterocycles. The number of ether oxygens (including phenoxy) is 2. The lowest BCUT2D eigenvalue weighted by atomic mass is 9.88. The average Bonchev–Trinajstić information content (AvgIpc) is 3.65. The highest BCUT2D eigenvalue weighted by molar-refractivity contribution is 5.98. The van der Waals surface area contributed by atoms with Gasteiger partial charge < -0.3 is 29.7 Å². The zero-order chi connectivity index (χ0) is 34.2. The van der Waals surface area contributed by atoms with Crippen LogP contribution in [0.25, 0.3) is 11.1 Å². The minimum atomic E-state index is -0.523. The molecule has 0 amide bonds. The van der Waals surface area contributed by atoms with Crippen LogP contribution in [0, 0.1) is 20.2 Å². The second kappa shape index (κ2) is 15.2. The van der Waals surface area contributed by atoms with Gasteiger partial charge in [-0.3, -0.25) is 4.90 Å². The van der Waals surface area contributed by atoms with Gasteiger partial charge in [-0.1, -0.05) is 71.5 Å². The molecule has 13 nitrogen and oxygen atoms in total. The standard InChI is InChI=1S/C35H37N7O6/c1-5-32(25-9-7-6-8-10-25)33(27-13-17-31(18-14-27)48-24-29-22-37-35(40(29)4)42(45)46)26-11-15-30(16-12-26)47-20-19-38(2)23-28-21-36-34(39(28)3)41(43)44/h6-18,21-22H,5,19-20,23-24H2,1-4H3/b33-32+. The number of nitro groups is 2. The second-order valence-electron chi connectivity index (χ2n) is 11.2. The molecule has 5 rings (SSSR count). The summed E-state index contributed by atoms with van der Waals surface area (Å²) < 4.78 is 14.9. The summed E-state index contributed by atoms with van der Waals surface area (Å²) in [7, 11) is 5.16. The SMILES string of the molecule is CC/C(=C(/c1ccc(OCCN(C)Cc2cnc([N+](=O)[O-])n2C)cc1)c1ccc(OCc2cnc([N+](=O)[O-])n2C)cc1)c1ccccc1. The molecular weight excluding hydrogens is 614 g/mol. The van der Waals surface area contributed by atoms with Gasteiger partial charge in [-0.05, 0) is 75.4 Å². The van der Waals surface area contributed by atoms with Crippen molar-refractivity contribution in [1.82, 2.24) is 24.0 Å². The molecule has 0 radical (unpaired) electrons. The molecule has 0 N–H and O–H groups in total. The number of imidazole rings is 2. The van der Waals surface area contributed by atoms with Crippen LogP contribution >= 0.6 is 0 Å². The summed E-state index contributed by atoms with van der Waals surface area (Å²) in [5.41, 5.74) is 6.81. The van der Waals surface area contributed by atoms with Gasteiger partial charge in [-0.2, -0.15) is 0 Å². The predicted octanol–water partition coefficient (Wildman–Crippen LogP) is 6.43. The Bertz CT molecular complexity index is 1900. The van der Waals surface area contributed by atoms with E-state index in [0.717, 1.165) is 40.1 Å². The van der Waals surface area contributed by atoms with Crippen molar-refractivity contribution >= 4 is 23.0 Å². The van der Waals surface area contributed by atoms with E-state index in [4.69, 9.17) is 9.47 Å². The van der Waals surface area contributed by atoms with Crippen molar-refractivity contribution in [3.63, 3.8) is 0 Å². The molecule has 0 fully saturated rings. The molecule has 0 atom stereocenters. The van der Waals surface area contributed by atoms with Gasteiger partial charge in [0, 0.05) is 6.54 Å². The number of aromatic nitrogens is 4.